The molecular weight excluding hydrogens is 268 g/mol. The first-order chi connectivity index (χ1) is 10.9. The Balaban J connectivity index is 2.02. The van der Waals surface area contributed by atoms with E-state index in [-0.39, 0.29) is 0 Å². The lowest BCUT2D eigenvalue weighted by Crippen LogP contribution is -1.85. The van der Waals surface area contributed by atoms with Crippen molar-refractivity contribution in [1.29, 1.82) is 0 Å². The molecule has 0 atom stereocenters. The van der Waals surface area contributed by atoms with E-state index in [4.69, 9.17) is 0 Å². The molecule has 0 N–H and O–H groups in total. The van der Waals surface area contributed by atoms with Crippen LogP contribution < -0.4 is 0 Å². The van der Waals surface area contributed by atoms with Crippen molar-refractivity contribution in [3.05, 3.63) is 73.1 Å². The molecule has 2 heterocycles. The Morgan fingerprint density at radius 3 is 1.45 bits per heavy atom. The van der Waals surface area contributed by atoms with Crippen LogP contribution >= 0.6 is 0 Å². The van der Waals surface area contributed by atoms with Crippen LogP contribution in [0.25, 0.3) is 43.4 Å². The zero-order valence-electron chi connectivity index (χ0n) is 11.8. The van der Waals surface area contributed by atoms with Crippen molar-refractivity contribution in [2.75, 3.05) is 0 Å². The van der Waals surface area contributed by atoms with Gasteiger partial charge in [-0.2, -0.15) is 0 Å². The molecule has 0 aliphatic carbocycles. The van der Waals surface area contributed by atoms with Crippen LogP contribution in [0.4, 0.5) is 0 Å². The van der Waals surface area contributed by atoms with Gasteiger partial charge in [-0.3, -0.25) is 9.97 Å². The smallest absolute Gasteiger partial charge is 0.0708 e. The van der Waals surface area contributed by atoms with Crippen LogP contribution in [-0.2, 0) is 0 Å². The minimum absolute atomic E-state index is 1.03. The number of rotatable bonds is 0. The average molecular weight is 280 g/mol. The summed E-state index contributed by atoms with van der Waals surface area (Å²) in [5, 5.41) is 7.18. The molecule has 0 aliphatic heterocycles. The van der Waals surface area contributed by atoms with Crippen LogP contribution in [0.5, 0.6) is 0 Å². The van der Waals surface area contributed by atoms with Crippen molar-refractivity contribution in [1.82, 2.24) is 9.97 Å². The zero-order valence-corrected chi connectivity index (χ0v) is 11.8. The average Bonchev–Trinajstić information content (AvgIpc) is 2.60. The van der Waals surface area contributed by atoms with E-state index in [0.717, 1.165) is 11.0 Å². The van der Waals surface area contributed by atoms with Gasteiger partial charge in [0.05, 0.1) is 11.0 Å². The summed E-state index contributed by atoms with van der Waals surface area (Å²) in [6.07, 6.45) is 3.93. The lowest BCUT2D eigenvalue weighted by molar-refractivity contribution is 1.44. The maximum absolute atomic E-state index is 4.58. The topological polar surface area (TPSA) is 25.8 Å². The highest BCUT2D eigenvalue weighted by Gasteiger charge is 2.06. The third kappa shape index (κ3) is 1.55. The minimum Gasteiger partial charge on any atom is -0.256 e. The molecule has 5 rings (SSSR count). The van der Waals surface area contributed by atoms with Gasteiger partial charge < -0.3 is 0 Å². The van der Waals surface area contributed by atoms with Crippen LogP contribution in [0.2, 0.25) is 0 Å². The zero-order chi connectivity index (χ0) is 14.5. The van der Waals surface area contributed by atoms with Crippen molar-refractivity contribution in [3.63, 3.8) is 0 Å². The molecule has 0 aliphatic rings. The molecule has 2 nitrogen and oxygen atoms in total. The normalized spacial score (nSPS) is 11.6. The van der Waals surface area contributed by atoms with Gasteiger partial charge in [0.25, 0.3) is 0 Å². The monoisotopic (exact) mass is 280 g/mol. The van der Waals surface area contributed by atoms with Gasteiger partial charge >= 0.3 is 0 Å². The predicted octanol–water partition coefficient (Wildman–Crippen LogP) is 5.09. The number of benzene rings is 3. The van der Waals surface area contributed by atoms with Crippen molar-refractivity contribution >= 4 is 43.4 Å². The second kappa shape index (κ2) is 4.25. The van der Waals surface area contributed by atoms with Crippen LogP contribution in [-0.4, -0.2) is 9.97 Å². The molecule has 0 saturated heterocycles. The van der Waals surface area contributed by atoms with Crippen LogP contribution in [0.3, 0.4) is 0 Å². The van der Waals surface area contributed by atoms with Crippen molar-refractivity contribution in [3.8, 4) is 0 Å². The van der Waals surface area contributed by atoms with Gasteiger partial charge in [0.15, 0.2) is 0 Å². The molecule has 0 bridgehead atoms. The molecule has 0 unspecified atom stereocenters. The summed E-state index contributed by atoms with van der Waals surface area (Å²) in [4.78, 5) is 9.16. The number of hydrogen-bond donors (Lipinski definition) is 0. The summed E-state index contributed by atoms with van der Waals surface area (Å²) in [5.41, 5.74) is 2.06. The quantitative estimate of drug-likeness (QED) is 0.292. The Hall–Kier alpha value is -3.00. The summed E-state index contributed by atoms with van der Waals surface area (Å²) in [7, 11) is 0. The van der Waals surface area contributed by atoms with Crippen molar-refractivity contribution < 1.29 is 0 Å². The molecule has 0 fully saturated rings. The van der Waals surface area contributed by atoms with E-state index in [1.165, 1.54) is 32.3 Å². The van der Waals surface area contributed by atoms with E-state index < -0.39 is 0 Å². The van der Waals surface area contributed by atoms with E-state index in [2.05, 4.69) is 58.5 Å². The molecule has 2 heteroatoms. The third-order valence-corrected chi connectivity index (χ3v) is 4.30. The second-order valence-corrected chi connectivity index (χ2v) is 5.58. The first-order valence-corrected chi connectivity index (χ1v) is 7.35. The maximum Gasteiger partial charge on any atom is 0.0708 e. The molecule has 0 saturated carbocycles. The van der Waals surface area contributed by atoms with Gasteiger partial charge in [0.1, 0.15) is 0 Å². The summed E-state index contributed by atoms with van der Waals surface area (Å²) in [6, 6.07) is 21.0. The molecular formula is C20H12N2. The highest BCUT2D eigenvalue weighted by atomic mass is 14.7. The summed E-state index contributed by atoms with van der Waals surface area (Å²) < 4.78 is 0. The van der Waals surface area contributed by atoms with E-state index in [1.54, 1.807) is 0 Å². The fourth-order valence-corrected chi connectivity index (χ4v) is 3.22. The fourth-order valence-electron chi connectivity index (χ4n) is 3.22. The summed E-state index contributed by atoms with van der Waals surface area (Å²) >= 11 is 0. The lowest BCUT2D eigenvalue weighted by atomic mass is 10.00. The Bertz CT molecular complexity index is 1080. The van der Waals surface area contributed by atoms with Crippen LogP contribution in [0.15, 0.2) is 73.1 Å². The molecule has 0 spiro atoms. The Labute approximate surface area is 127 Å². The number of hydrogen-bond acceptors (Lipinski definition) is 2. The minimum atomic E-state index is 1.03. The maximum atomic E-state index is 4.58. The van der Waals surface area contributed by atoms with E-state index in [0.29, 0.717) is 0 Å². The van der Waals surface area contributed by atoms with E-state index >= 15 is 0 Å². The number of pyridine rings is 2. The molecule has 3 aromatic carbocycles. The van der Waals surface area contributed by atoms with Gasteiger partial charge in [-0.05, 0) is 35.0 Å². The van der Waals surface area contributed by atoms with Crippen molar-refractivity contribution in [2.24, 2.45) is 0 Å². The number of nitrogens with zero attached hydrogens (tertiary/aromatic N) is 2. The third-order valence-electron chi connectivity index (χ3n) is 4.30. The Kier molecular flexibility index (Phi) is 2.25. The molecule has 102 valence electrons. The molecule has 0 radical (unpaired) electrons. The number of aromatic nitrogens is 2. The van der Waals surface area contributed by atoms with Crippen molar-refractivity contribution in [2.45, 2.75) is 0 Å². The standard InChI is InChI=1S/C20H12N2/c1-3-7-19-15(5-1)17-9-14-12-22-20-8-4-2-6-16(20)18(14)10-13(17)11-21-19/h1-12H. The largest absolute Gasteiger partial charge is 0.256 e. The Morgan fingerprint density at radius 2 is 0.955 bits per heavy atom. The Morgan fingerprint density at radius 1 is 0.500 bits per heavy atom. The SMILES string of the molecule is c1ccc2c(c1)ncc1cc3c(cnc4ccccc43)cc12. The highest BCUT2D eigenvalue weighted by molar-refractivity contribution is 6.15. The van der Waals surface area contributed by atoms with Gasteiger partial charge in [-0.15, -0.1) is 0 Å². The van der Waals surface area contributed by atoms with Crippen LogP contribution in [0, 0.1) is 0 Å². The van der Waals surface area contributed by atoms with Gasteiger partial charge in [-0.25, -0.2) is 0 Å². The predicted molar refractivity (Wildman–Crippen MR) is 92.1 cm³/mol. The summed E-state index contributed by atoms with van der Waals surface area (Å²) in [5.74, 6) is 0. The molecule has 22 heavy (non-hydrogen) atoms. The second-order valence-electron chi connectivity index (χ2n) is 5.58. The molecule has 5 aromatic rings. The van der Waals surface area contributed by atoms with Gasteiger partial charge in [-0.1, -0.05) is 36.4 Å². The molecule has 2 aromatic heterocycles. The first kappa shape index (κ1) is 11.6. The molecule has 0 amide bonds. The van der Waals surface area contributed by atoms with Crippen LogP contribution in [0.1, 0.15) is 0 Å². The van der Waals surface area contributed by atoms with Gasteiger partial charge in [0, 0.05) is 33.9 Å². The van der Waals surface area contributed by atoms with E-state index in [1.807, 2.05) is 24.5 Å². The number of para-hydroxylation sites is 2. The van der Waals surface area contributed by atoms with E-state index in [9.17, 15) is 0 Å². The first-order valence-electron chi connectivity index (χ1n) is 7.35. The number of fused-ring (bicyclic) bond motifs is 6. The fraction of sp³-hybridized carbons (Fsp3) is 0. The lowest BCUT2D eigenvalue weighted by Gasteiger charge is -2.07. The summed E-state index contributed by atoms with van der Waals surface area (Å²) in [6.45, 7) is 0. The van der Waals surface area contributed by atoms with Gasteiger partial charge in [0.2, 0.25) is 0 Å². The highest BCUT2D eigenvalue weighted by Crippen LogP contribution is 2.31.